The van der Waals surface area contributed by atoms with E-state index in [9.17, 15) is 4.79 Å². The van der Waals surface area contributed by atoms with Crippen molar-refractivity contribution in [3.05, 3.63) is 41.1 Å². The maximum absolute atomic E-state index is 12.1. The summed E-state index contributed by atoms with van der Waals surface area (Å²) >= 11 is 2.65. The first-order valence-corrected chi connectivity index (χ1v) is 9.82. The number of anilines is 1. The summed E-state index contributed by atoms with van der Waals surface area (Å²) in [6.45, 7) is 2.05. The fourth-order valence-corrected chi connectivity index (χ4v) is 3.55. The van der Waals surface area contributed by atoms with E-state index >= 15 is 0 Å². The number of hydrogen-bond acceptors (Lipinski definition) is 7. The molecule has 25 heavy (non-hydrogen) atoms. The van der Waals surface area contributed by atoms with Crippen LogP contribution < -0.4 is 5.32 Å². The average Bonchev–Trinajstić information content (AvgIpc) is 3.17. The highest BCUT2D eigenvalue weighted by Gasteiger charge is 2.29. The SMILES string of the molecule is Cc1ccc(-c2csc(NC(=O)CSc3nnc(C4CC4)o3)n2)cc1. The summed E-state index contributed by atoms with van der Waals surface area (Å²) in [6.07, 6.45) is 2.22. The van der Waals surface area contributed by atoms with E-state index in [1.165, 1.54) is 28.7 Å². The lowest BCUT2D eigenvalue weighted by atomic mass is 10.1. The molecular formula is C17H16N4O2S2. The Labute approximate surface area is 153 Å². The maximum atomic E-state index is 12.1. The standard InChI is InChI=1S/C17H16N4O2S2/c1-10-2-4-11(5-3-10)13-8-24-16(18-13)19-14(22)9-25-17-21-20-15(23-17)12-6-7-12/h2-5,8,12H,6-7,9H2,1H3,(H,18,19,22). The van der Waals surface area contributed by atoms with Crippen LogP contribution in [0.15, 0.2) is 39.3 Å². The molecule has 128 valence electrons. The van der Waals surface area contributed by atoms with Crippen LogP contribution in [0, 0.1) is 6.92 Å². The number of amides is 1. The van der Waals surface area contributed by atoms with Crippen molar-refractivity contribution in [2.75, 3.05) is 11.1 Å². The highest BCUT2D eigenvalue weighted by Crippen LogP contribution is 2.39. The number of nitrogens with zero attached hydrogens (tertiary/aromatic N) is 3. The molecule has 0 bridgehead atoms. The second-order valence-corrected chi connectivity index (χ2v) is 7.71. The topological polar surface area (TPSA) is 80.9 Å². The van der Waals surface area contributed by atoms with Gasteiger partial charge in [-0.1, -0.05) is 41.6 Å². The highest BCUT2D eigenvalue weighted by atomic mass is 32.2. The molecule has 6 nitrogen and oxygen atoms in total. The Hall–Kier alpha value is -2.19. The van der Waals surface area contributed by atoms with Crippen molar-refractivity contribution >= 4 is 34.1 Å². The normalized spacial score (nSPS) is 13.8. The van der Waals surface area contributed by atoms with E-state index < -0.39 is 0 Å². The number of aromatic nitrogens is 3. The number of carbonyl (C=O) groups excluding carboxylic acids is 1. The van der Waals surface area contributed by atoms with Gasteiger partial charge in [0.1, 0.15) is 0 Å². The number of thiazole rings is 1. The number of nitrogens with one attached hydrogen (secondary N) is 1. The molecule has 2 heterocycles. The fraction of sp³-hybridized carbons (Fsp3) is 0.294. The first kappa shape index (κ1) is 16.3. The van der Waals surface area contributed by atoms with E-state index in [0.717, 1.165) is 24.1 Å². The summed E-state index contributed by atoms with van der Waals surface area (Å²) in [5.41, 5.74) is 3.10. The number of carbonyl (C=O) groups is 1. The Morgan fingerprint density at radius 2 is 2.12 bits per heavy atom. The fourth-order valence-electron chi connectivity index (χ4n) is 2.24. The molecule has 1 fully saturated rings. The summed E-state index contributed by atoms with van der Waals surface area (Å²) in [5.74, 6) is 1.18. The summed E-state index contributed by atoms with van der Waals surface area (Å²) in [7, 11) is 0. The Bertz CT molecular complexity index is 884. The second kappa shape index (κ2) is 6.97. The number of thioether (sulfide) groups is 1. The van der Waals surface area contributed by atoms with Crippen LogP contribution in [-0.4, -0.2) is 26.8 Å². The zero-order chi connectivity index (χ0) is 17.2. The minimum atomic E-state index is -0.138. The number of aryl methyl sites for hydroxylation is 1. The largest absolute Gasteiger partial charge is 0.416 e. The zero-order valence-electron chi connectivity index (χ0n) is 13.6. The molecule has 0 aliphatic heterocycles. The minimum Gasteiger partial charge on any atom is -0.416 e. The lowest BCUT2D eigenvalue weighted by Gasteiger charge is -2.00. The van der Waals surface area contributed by atoms with Crippen molar-refractivity contribution < 1.29 is 9.21 Å². The molecule has 0 spiro atoms. The Kier molecular flexibility index (Phi) is 4.54. The van der Waals surface area contributed by atoms with Crippen LogP contribution in [0.2, 0.25) is 0 Å². The van der Waals surface area contributed by atoms with Gasteiger partial charge in [-0.15, -0.1) is 21.5 Å². The summed E-state index contributed by atoms with van der Waals surface area (Å²) < 4.78 is 5.53. The number of hydrogen-bond donors (Lipinski definition) is 1. The quantitative estimate of drug-likeness (QED) is 0.656. The molecule has 1 aliphatic rings. The molecule has 8 heteroatoms. The van der Waals surface area contributed by atoms with Crippen molar-refractivity contribution in [1.29, 1.82) is 0 Å². The first-order chi connectivity index (χ1) is 12.2. The smallest absolute Gasteiger partial charge is 0.277 e. The van der Waals surface area contributed by atoms with Gasteiger partial charge >= 0.3 is 0 Å². The van der Waals surface area contributed by atoms with E-state index in [0.29, 0.717) is 22.2 Å². The van der Waals surface area contributed by atoms with Crippen molar-refractivity contribution in [2.45, 2.75) is 30.9 Å². The molecule has 0 unspecified atom stereocenters. The van der Waals surface area contributed by atoms with Crippen LogP contribution in [0.25, 0.3) is 11.3 Å². The molecule has 1 aromatic carbocycles. The van der Waals surface area contributed by atoms with Gasteiger partial charge in [-0.2, -0.15) is 0 Å². The highest BCUT2D eigenvalue weighted by molar-refractivity contribution is 7.99. The van der Waals surface area contributed by atoms with Gasteiger partial charge < -0.3 is 9.73 Å². The predicted molar refractivity (Wildman–Crippen MR) is 97.9 cm³/mol. The second-order valence-electron chi connectivity index (χ2n) is 5.92. The Balaban J connectivity index is 1.32. The summed E-state index contributed by atoms with van der Waals surface area (Å²) in [5, 5.41) is 13.7. The van der Waals surface area contributed by atoms with Gasteiger partial charge in [0.15, 0.2) is 5.13 Å². The van der Waals surface area contributed by atoms with Gasteiger partial charge in [-0.3, -0.25) is 4.79 Å². The van der Waals surface area contributed by atoms with Crippen LogP contribution >= 0.6 is 23.1 Å². The molecule has 1 saturated carbocycles. The van der Waals surface area contributed by atoms with Crippen LogP contribution in [0.5, 0.6) is 0 Å². The first-order valence-electron chi connectivity index (χ1n) is 7.96. The van der Waals surface area contributed by atoms with Gasteiger partial charge in [-0.05, 0) is 19.8 Å². The zero-order valence-corrected chi connectivity index (χ0v) is 15.2. The molecule has 3 aromatic rings. The third-order valence-electron chi connectivity index (χ3n) is 3.77. The van der Waals surface area contributed by atoms with Gasteiger partial charge in [0, 0.05) is 16.9 Å². The monoisotopic (exact) mass is 372 g/mol. The van der Waals surface area contributed by atoms with Gasteiger partial charge in [0.25, 0.3) is 5.22 Å². The third-order valence-corrected chi connectivity index (χ3v) is 5.35. The number of benzene rings is 1. The predicted octanol–water partition coefficient (Wildman–Crippen LogP) is 4.11. The maximum Gasteiger partial charge on any atom is 0.277 e. The Morgan fingerprint density at radius 1 is 1.32 bits per heavy atom. The van der Waals surface area contributed by atoms with Crippen molar-refractivity contribution in [3.8, 4) is 11.3 Å². The van der Waals surface area contributed by atoms with Crippen LogP contribution in [-0.2, 0) is 4.79 Å². The third kappa shape index (κ3) is 4.08. The number of rotatable bonds is 6. The van der Waals surface area contributed by atoms with Crippen LogP contribution in [0.1, 0.15) is 30.2 Å². The van der Waals surface area contributed by atoms with E-state index in [1.54, 1.807) is 0 Å². The van der Waals surface area contributed by atoms with Crippen molar-refractivity contribution in [3.63, 3.8) is 0 Å². The lowest BCUT2D eigenvalue weighted by molar-refractivity contribution is -0.113. The van der Waals surface area contributed by atoms with Crippen molar-refractivity contribution in [2.24, 2.45) is 0 Å². The summed E-state index contributed by atoms with van der Waals surface area (Å²) in [6, 6.07) is 8.14. The molecule has 4 rings (SSSR count). The van der Waals surface area contributed by atoms with Gasteiger partial charge in [0.2, 0.25) is 11.8 Å². The van der Waals surface area contributed by atoms with E-state index in [4.69, 9.17) is 4.42 Å². The van der Waals surface area contributed by atoms with Crippen molar-refractivity contribution in [1.82, 2.24) is 15.2 Å². The molecule has 1 amide bonds. The molecular weight excluding hydrogens is 356 g/mol. The van der Waals surface area contributed by atoms with Crippen LogP contribution in [0.4, 0.5) is 5.13 Å². The molecule has 0 atom stereocenters. The molecule has 1 aliphatic carbocycles. The van der Waals surface area contributed by atoms with E-state index in [1.807, 2.05) is 36.6 Å². The molecule has 1 N–H and O–H groups in total. The van der Waals surface area contributed by atoms with E-state index in [-0.39, 0.29) is 11.7 Å². The molecule has 0 radical (unpaired) electrons. The van der Waals surface area contributed by atoms with Crippen LogP contribution in [0.3, 0.4) is 0 Å². The average molecular weight is 372 g/mol. The summed E-state index contributed by atoms with van der Waals surface area (Å²) in [4.78, 5) is 16.5. The lowest BCUT2D eigenvalue weighted by Crippen LogP contribution is -2.13. The van der Waals surface area contributed by atoms with Gasteiger partial charge in [0.05, 0.1) is 11.4 Å². The van der Waals surface area contributed by atoms with Gasteiger partial charge in [-0.25, -0.2) is 4.98 Å². The minimum absolute atomic E-state index is 0.138. The molecule has 2 aromatic heterocycles. The van der Waals surface area contributed by atoms with E-state index in [2.05, 4.69) is 20.5 Å². The molecule has 0 saturated heterocycles. The Morgan fingerprint density at radius 3 is 2.88 bits per heavy atom.